The monoisotopic (exact) mass is 254 g/mol. The van der Waals surface area contributed by atoms with Gasteiger partial charge in [0.15, 0.2) is 0 Å². The lowest BCUT2D eigenvalue weighted by Crippen LogP contribution is -2.43. The van der Waals surface area contributed by atoms with E-state index in [2.05, 4.69) is 5.32 Å². The quantitative estimate of drug-likeness (QED) is 0.809. The molecule has 1 unspecified atom stereocenters. The van der Waals surface area contributed by atoms with Crippen LogP contribution in [0.4, 0.5) is 0 Å². The largest absolute Gasteiger partial charge is 0.376 e. The molecule has 2 aliphatic rings. The van der Waals surface area contributed by atoms with Crippen LogP contribution in [-0.4, -0.2) is 49.7 Å². The molecule has 1 N–H and O–H groups in total. The summed E-state index contributed by atoms with van der Waals surface area (Å²) in [5, 5.41) is 3.37. The lowest BCUT2D eigenvalue weighted by Gasteiger charge is -2.27. The molecule has 0 spiro atoms. The molecular weight excluding hydrogens is 228 g/mol. The van der Waals surface area contributed by atoms with E-state index in [1.165, 1.54) is 32.1 Å². The third-order valence-corrected chi connectivity index (χ3v) is 4.07. The van der Waals surface area contributed by atoms with Crippen molar-refractivity contribution in [2.24, 2.45) is 0 Å². The van der Waals surface area contributed by atoms with E-state index in [9.17, 15) is 4.79 Å². The van der Waals surface area contributed by atoms with Crippen LogP contribution in [0.25, 0.3) is 0 Å². The van der Waals surface area contributed by atoms with E-state index in [1.54, 1.807) is 0 Å². The average Bonchev–Trinajstić information content (AvgIpc) is 2.90. The summed E-state index contributed by atoms with van der Waals surface area (Å²) >= 11 is 0. The number of carbonyl (C=O) groups excluding carboxylic acids is 1. The first-order valence-electron chi connectivity index (χ1n) is 7.34. The van der Waals surface area contributed by atoms with Crippen molar-refractivity contribution in [1.82, 2.24) is 10.2 Å². The number of hydrogen-bond donors (Lipinski definition) is 1. The van der Waals surface area contributed by atoms with Gasteiger partial charge in [-0.1, -0.05) is 12.8 Å². The van der Waals surface area contributed by atoms with Crippen molar-refractivity contribution in [3.05, 3.63) is 0 Å². The van der Waals surface area contributed by atoms with Gasteiger partial charge < -0.3 is 15.0 Å². The zero-order chi connectivity index (χ0) is 12.8. The Morgan fingerprint density at radius 3 is 2.61 bits per heavy atom. The fourth-order valence-corrected chi connectivity index (χ4v) is 2.86. The highest BCUT2D eigenvalue weighted by Gasteiger charge is 2.20. The molecule has 18 heavy (non-hydrogen) atoms. The maximum absolute atomic E-state index is 12.0. The van der Waals surface area contributed by atoms with Crippen molar-refractivity contribution >= 4 is 5.91 Å². The standard InChI is InChI=1S/C14H26N2O2/c1-16(11-13-8-4-5-9-18-13)14(17)10-15-12-6-2-3-7-12/h12-13,15H,2-11H2,1H3. The molecule has 0 aromatic rings. The Kier molecular flexibility index (Phi) is 5.45. The summed E-state index contributed by atoms with van der Waals surface area (Å²) in [6, 6.07) is 0.563. The molecule has 1 saturated heterocycles. The zero-order valence-electron chi connectivity index (χ0n) is 11.5. The Morgan fingerprint density at radius 1 is 1.22 bits per heavy atom. The van der Waals surface area contributed by atoms with Crippen LogP contribution in [0.1, 0.15) is 44.9 Å². The number of nitrogens with one attached hydrogen (secondary N) is 1. The number of likely N-dealkylation sites (N-methyl/N-ethyl adjacent to an activating group) is 1. The van der Waals surface area contributed by atoms with Crippen LogP contribution in [0.5, 0.6) is 0 Å². The highest BCUT2D eigenvalue weighted by molar-refractivity contribution is 5.78. The summed E-state index contributed by atoms with van der Waals surface area (Å²) in [6.07, 6.45) is 8.79. The molecule has 2 rings (SSSR count). The molecule has 0 aromatic heterocycles. The minimum absolute atomic E-state index is 0.191. The third-order valence-electron chi connectivity index (χ3n) is 4.07. The second kappa shape index (κ2) is 7.10. The van der Waals surface area contributed by atoms with Crippen LogP contribution in [0.2, 0.25) is 0 Å². The summed E-state index contributed by atoms with van der Waals surface area (Å²) in [5.41, 5.74) is 0. The van der Waals surface area contributed by atoms with Crippen molar-refractivity contribution in [3.8, 4) is 0 Å². The summed E-state index contributed by atoms with van der Waals surface area (Å²) in [5.74, 6) is 0.191. The molecule has 4 heteroatoms. The minimum Gasteiger partial charge on any atom is -0.376 e. The van der Waals surface area contributed by atoms with Crippen molar-refractivity contribution < 1.29 is 9.53 Å². The summed E-state index contributed by atoms with van der Waals surface area (Å²) < 4.78 is 5.66. The van der Waals surface area contributed by atoms with Gasteiger partial charge in [0.1, 0.15) is 0 Å². The molecule has 1 amide bonds. The van der Waals surface area contributed by atoms with E-state index in [-0.39, 0.29) is 12.0 Å². The van der Waals surface area contributed by atoms with Gasteiger partial charge in [-0.05, 0) is 32.1 Å². The first kappa shape index (κ1) is 13.8. The van der Waals surface area contributed by atoms with Gasteiger partial charge in [-0.3, -0.25) is 4.79 Å². The van der Waals surface area contributed by atoms with Gasteiger partial charge in [0.2, 0.25) is 5.91 Å². The fourth-order valence-electron chi connectivity index (χ4n) is 2.86. The number of nitrogens with zero attached hydrogens (tertiary/aromatic N) is 1. The summed E-state index contributed by atoms with van der Waals surface area (Å²) in [6.45, 7) is 2.08. The molecule has 0 aromatic carbocycles. The van der Waals surface area contributed by atoms with E-state index in [0.717, 1.165) is 26.0 Å². The topological polar surface area (TPSA) is 41.6 Å². The number of ether oxygens (including phenoxy) is 1. The molecule has 0 radical (unpaired) electrons. The van der Waals surface area contributed by atoms with Crippen molar-refractivity contribution in [2.45, 2.75) is 57.1 Å². The molecule has 0 bridgehead atoms. The molecular formula is C14H26N2O2. The van der Waals surface area contributed by atoms with Crippen LogP contribution >= 0.6 is 0 Å². The third kappa shape index (κ3) is 4.25. The molecule has 1 heterocycles. The highest BCUT2D eigenvalue weighted by atomic mass is 16.5. The minimum atomic E-state index is 0.191. The van der Waals surface area contributed by atoms with Crippen molar-refractivity contribution in [3.63, 3.8) is 0 Å². The highest BCUT2D eigenvalue weighted by Crippen LogP contribution is 2.17. The number of rotatable bonds is 5. The predicted molar refractivity (Wildman–Crippen MR) is 71.5 cm³/mol. The Morgan fingerprint density at radius 2 is 1.94 bits per heavy atom. The van der Waals surface area contributed by atoms with Crippen LogP contribution in [0, 0.1) is 0 Å². The number of carbonyl (C=O) groups is 1. The number of amides is 1. The number of hydrogen-bond acceptors (Lipinski definition) is 3. The summed E-state index contributed by atoms with van der Waals surface area (Å²) in [4.78, 5) is 13.8. The first-order chi connectivity index (χ1) is 8.75. The Labute approximate surface area is 110 Å². The second-order valence-electron chi connectivity index (χ2n) is 5.63. The molecule has 1 atom stereocenters. The SMILES string of the molecule is CN(CC1CCCCO1)C(=O)CNC1CCCC1. The molecule has 104 valence electrons. The van der Waals surface area contributed by atoms with Crippen molar-refractivity contribution in [2.75, 3.05) is 26.7 Å². The van der Waals surface area contributed by atoms with Crippen molar-refractivity contribution in [1.29, 1.82) is 0 Å². The maximum Gasteiger partial charge on any atom is 0.236 e. The molecule has 1 aliphatic carbocycles. The smallest absolute Gasteiger partial charge is 0.236 e. The summed E-state index contributed by atoms with van der Waals surface area (Å²) in [7, 11) is 1.89. The van der Waals surface area contributed by atoms with Gasteiger partial charge in [0, 0.05) is 26.2 Å². The van der Waals surface area contributed by atoms with Gasteiger partial charge >= 0.3 is 0 Å². The van der Waals surface area contributed by atoms with Gasteiger partial charge in [0.25, 0.3) is 0 Å². The lowest BCUT2D eigenvalue weighted by atomic mass is 10.1. The van der Waals surface area contributed by atoms with Gasteiger partial charge in [-0.25, -0.2) is 0 Å². The Bertz CT molecular complexity index is 259. The first-order valence-corrected chi connectivity index (χ1v) is 7.34. The maximum atomic E-state index is 12.0. The van der Waals surface area contributed by atoms with E-state index in [0.29, 0.717) is 12.6 Å². The second-order valence-corrected chi connectivity index (χ2v) is 5.63. The van der Waals surface area contributed by atoms with Gasteiger partial charge in [-0.2, -0.15) is 0 Å². The lowest BCUT2D eigenvalue weighted by molar-refractivity contribution is -0.131. The zero-order valence-corrected chi connectivity index (χ0v) is 11.5. The predicted octanol–water partition coefficient (Wildman–Crippen LogP) is 1.55. The molecule has 1 saturated carbocycles. The van der Waals surface area contributed by atoms with Gasteiger partial charge in [0.05, 0.1) is 12.6 Å². The molecule has 4 nitrogen and oxygen atoms in total. The average molecular weight is 254 g/mol. The van der Waals surface area contributed by atoms with E-state index in [4.69, 9.17) is 4.74 Å². The van der Waals surface area contributed by atoms with E-state index < -0.39 is 0 Å². The van der Waals surface area contributed by atoms with E-state index in [1.807, 2.05) is 11.9 Å². The fraction of sp³-hybridized carbons (Fsp3) is 0.929. The Hall–Kier alpha value is -0.610. The normalized spacial score (nSPS) is 25.3. The van der Waals surface area contributed by atoms with Crippen LogP contribution < -0.4 is 5.32 Å². The van der Waals surface area contributed by atoms with Crippen LogP contribution in [-0.2, 0) is 9.53 Å². The van der Waals surface area contributed by atoms with Gasteiger partial charge in [-0.15, -0.1) is 0 Å². The van der Waals surface area contributed by atoms with E-state index >= 15 is 0 Å². The van der Waals surface area contributed by atoms with Crippen LogP contribution in [0.3, 0.4) is 0 Å². The molecule has 2 fully saturated rings. The van der Waals surface area contributed by atoms with Crippen LogP contribution in [0.15, 0.2) is 0 Å². The Balaban J connectivity index is 1.63. The molecule has 1 aliphatic heterocycles.